The van der Waals surface area contributed by atoms with Crippen LogP contribution < -0.4 is 0 Å². The van der Waals surface area contributed by atoms with Crippen LogP contribution in [-0.4, -0.2) is 10.2 Å². The van der Waals surface area contributed by atoms with Gasteiger partial charge in [0.2, 0.25) is 0 Å². The van der Waals surface area contributed by atoms with Gasteiger partial charge in [0.05, 0.1) is 5.69 Å². The quantitative estimate of drug-likeness (QED) is 0.741. The second-order valence-electron chi connectivity index (χ2n) is 3.73. The Kier molecular flexibility index (Phi) is 2.77. The maximum atomic E-state index is 4.15. The molecule has 0 N–H and O–H groups in total. The lowest BCUT2D eigenvalue weighted by Gasteiger charge is -2.12. The molecule has 0 amide bonds. The SMILES string of the molecule is Cc1ccccc1C(C)c1cccnn1. The van der Waals surface area contributed by atoms with Gasteiger partial charge in [-0.05, 0) is 30.2 Å². The third-order valence-electron chi connectivity index (χ3n) is 2.69. The molecule has 0 aliphatic rings. The van der Waals surface area contributed by atoms with E-state index >= 15 is 0 Å². The molecule has 2 heteroatoms. The summed E-state index contributed by atoms with van der Waals surface area (Å²) >= 11 is 0. The van der Waals surface area contributed by atoms with E-state index in [-0.39, 0.29) is 0 Å². The molecule has 0 spiro atoms. The van der Waals surface area contributed by atoms with Crippen molar-refractivity contribution in [2.24, 2.45) is 0 Å². The average Bonchev–Trinajstić information content (AvgIpc) is 2.30. The fourth-order valence-corrected chi connectivity index (χ4v) is 1.78. The van der Waals surface area contributed by atoms with Crippen LogP contribution in [0.25, 0.3) is 0 Å². The van der Waals surface area contributed by atoms with Crippen molar-refractivity contribution < 1.29 is 0 Å². The number of aromatic nitrogens is 2. The topological polar surface area (TPSA) is 25.8 Å². The predicted octanol–water partition coefficient (Wildman–Crippen LogP) is 2.94. The van der Waals surface area contributed by atoms with Crippen LogP contribution in [0, 0.1) is 6.92 Å². The molecule has 2 nitrogen and oxygen atoms in total. The Hall–Kier alpha value is -1.70. The van der Waals surface area contributed by atoms with Crippen LogP contribution in [-0.2, 0) is 0 Å². The zero-order chi connectivity index (χ0) is 10.7. The summed E-state index contributed by atoms with van der Waals surface area (Å²) in [6.07, 6.45) is 1.70. The van der Waals surface area contributed by atoms with Gasteiger partial charge in [-0.2, -0.15) is 10.2 Å². The van der Waals surface area contributed by atoms with E-state index < -0.39 is 0 Å². The summed E-state index contributed by atoms with van der Waals surface area (Å²) in [5.74, 6) is 0.305. The third-order valence-corrected chi connectivity index (χ3v) is 2.69. The van der Waals surface area contributed by atoms with Crippen molar-refractivity contribution >= 4 is 0 Å². The molecule has 0 saturated heterocycles. The maximum absolute atomic E-state index is 4.15. The minimum atomic E-state index is 0.305. The summed E-state index contributed by atoms with van der Waals surface area (Å²) < 4.78 is 0. The summed E-state index contributed by atoms with van der Waals surface area (Å²) in [7, 11) is 0. The number of nitrogens with zero attached hydrogens (tertiary/aromatic N) is 2. The van der Waals surface area contributed by atoms with Gasteiger partial charge in [-0.1, -0.05) is 31.2 Å². The Morgan fingerprint density at radius 3 is 2.53 bits per heavy atom. The van der Waals surface area contributed by atoms with Crippen LogP contribution >= 0.6 is 0 Å². The van der Waals surface area contributed by atoms with Crippen molar-refractivity contribution in [3.8, 4) is 0 Å². The summed E-state index contributed by atoms with van der Waals surface area (Å²) in [4.78, 5) is 0. The van der Waals surface area contributed by atoms with Crippen molar-refractivity contribution in [2.45, 2.75) is 19.8 Å². The molecular weight excluding hydrogens is 184 g/mol. The number of rotatable bonds is 2. The normalized spacial score (nSPS) is 12.4. The first-order valence-corrected chi connectivity index (χ1v) is 5.12. The molecule has 1 atom stereocenters. The fourth-order valence-electron chi connectivity index (χ4n) is 1.78. The monoisotopic (exact) mass is 198 g/mol. The van der Waals surface area contributed by atoms with E-state index in [1.807, 2.05) is 12.1 Å². The highest BCUT2D eigenvalue weighted by Crippen LogP contribution is 2.24. The van der Waals surface area contributed by atoms with Crippen LogP contribution in [0.1, 0.15) is 29.7 Å². The predicted molar refractivity (Wildman–Crippen MR) is 60.7 cm³/mol. The smallest absolute Gasteiger partial charge is 0.0703 e. The Morgan fingerprint density at radius 2 is 1.87 bits per heavy atom. The lowest BCUT2D eigenvalue weighted by atomic mass is 9.94. The van der Waals surface area contributed by atoms with Crippen molar-refractivity contribution in [2.75, 3.05) is 0 Å². The van der Waals surface area contributed by atoms with Gasteiger partial charge in [0, 0.05) is 12.1 Å². The molecule has 0 fully saturated rings. The minimum Gasteiger partial charge on any atom is -0.159 e. The first-order valence-electron chi connectivity index (χ1n) is 5.12. The summed E-state index contributed by atoms with van der Waals surface area (Å²) in [6, 6.07) is 12.3. The van der Waals surface area contributed by atoms with Gasteiger partial charge in [0.25, 0.3) is 0 Å². The molecule has 2 aromatic rings. The number of aryl methyl sites for hydroxylation is 1. The Morgan fingerprint density at radius 1 is 1.07 bits per heavy atom. The van der Waals surface area contributed by atoms with Crippen molar-refractivity contribution in [1.29, 1.82) is 0 Å². The van der Waals surface area contributed by atoms with Crippen LogP contribution in [0.3, 0.4) is 0 Å². The molecule has 0 aliphatic heterocycles. The van der Waals surface area contributed by atoms with Crippen LogP contribution in [0.15, 0.2) is 42.6 Å². The van der Waals surface area contributed by atoms with Gasteiger partial charge in [0.1, 0.15) is 0 Å². The van der Waals surface area contributed by atoms with E-state index in [0.29, 0.717) is 5.92 Å². The zero-order valence-electron chi connectivity index (χ0n) is 9.01. The first-order chi connectivity index (χ1) is 7.29. The van der Waals surface area contributed by atoms with Crippen LogP contribution in [0.5, 0.6) is 0 Å². The van der Waals surface area contributed by atoms with E-state index in [9.17, 15) is 0 Å². The number of hydrogen-bond donors (Lipinski definition) is 0. The lowest BCUT2D eigenvalue weighted by Crippen LogP contribution is -2.01. The minimum absolute atomic E-state index is 0.305. The van der Waals surface area contributed by atoms with E-state index in [0.717, 1.165) is 5.69 Å². The van der Waals surface area contributed by atoms with Crippen LogP contribution in [0.4, 0.5) is 0 Å². The van der Waals surface area contributed by atoms with Crippen molar-refractivity contribution in [3.63, 3.8) is 0 Å². The Balaban J connectivity index is 2.37. The zero-order valence-corrected chi connectivity index (χ0v) is 9.01. The fraction of sp³-hybridized carbons (Fsp3) is 0.231. The standard InChI is InChI=1S/C13H14N2/c1-10-6-3-4-7-12(10)11(2)13-8-5-9-14-15-13/h3-9,11H,1-2H3. The van der Waals surface area contributed by atoms with Gasteiger partial charge < -0.3 is 0 Å². The van der Waals surface area contributed by atoms with E-state index in [1.54, 1.807) is 6.20 Å². The van der Waals surface area contributed by atoms with Gasteiger partial charge in [-0.25, -0.2) is 0 Å². The maximum Gasteiger partial charge on any atom is 0.0703 e. The van der Waals surface area contributed by atoms with Gasteiger partial charge in [-0.3, -0.25) is 0 Å². The molecule has 0 bridgehead atoms. The van der Waals surface area contributed by atoms with Crippen LogP contribution in [0.2, 0.25) is 0 Å². The summed E-state index contributed by atoms with van der Waals surface area (Å²) in [6.45, 7) is 4.29. The molecule has 1 aromatic heterocycles. The molecule has 1 aromatic carbocycles. The van der Waals surface area contributed by atoms with Gasteiger partial charge in [0.15, 0.2) is 0 Å². The Bertz CT molecular complexity index is 437. The highest BCUT2D eigenvalue weighted by molar-refractivity contribution is 5.33. The number of hydrogen-bond acceptors (Lipinski definition) is 2. The molecule has 1 heterocycles. The largest absolute Gasteiger partial charge is 0.159 e. The molecule has 2 rings (SSSR count). The van der Waals surface area contributed by atoms with E-state index in [4.69, 9.17) is 0 Å². The van der Waals surface area contributed by atoms with E-state index in [2.05, 4.69) is 48.3 Å². The molecule has 0 radical (unpaired) electrons. The summed E-state index contributed by atoms with van der Waals surface area (Å²) in [5, 5.41) is 8.06. The van der Waals surface area contributed by atoms with E-state index in [1.165, 1.54) is 11.1 Å². The van der Waals surface area contributed by atoms with Crippen molar-refractivity contribution in [3.05, 3.63) is 59.4 Å². The Labute approximate surface area is 90.0 Å². The second-order valence-corrected chi connectivity index (χ2v) is 3.73. The van der Waals surface area contributed by atoms with Crippen molar-refractivity contribution in [1.82, 2.24) is 10.2 Å². The first kappa shape index (κ1) is 9.84. The van der Waals surface area contributed by atoms with Gasteiger partial charge >= 0.3 is 0 Å². The second kappa shape index (κ2) is 4.22. The highest BCUT2D eigenvalue weighted by atomic mass is 15.1. The molecule has 76 valence electrons. The highest BCUT2D eigenvalue weighted by Gasteiger charge is 2.11. The number of benzene rings is 1. The molecule has 1 unspecified atom stereocenters. The third kappa shape index (κ3) is 2.04. The molecule has 15 heavy (non-hydrogen) atoms. The van der Waals surface area contributed by atoms with Gasteiger partial charge in [-0.15, -0.1) is 0 Å². The summed E-state index contributed by atoms with van der Waals surface area (Å²) in [5.41, 5.74) is 3.64. The molecule has 0 saturated carbocycles. The lowest BCUT2D eigenvalue weighted by molar-refractivity contribution is 0.817. The average molecular weight is 198 g/mol. The molecular formula is C13H14N2. The molecule has 0 aliphatic carbocycles.